The van der Waals surface area contributed by atoms with Gasteiger partial charge in [-0.1, -0.05) is 12.1 Å². The molecule has 2 aliphatic heterocycles. The SMILES string of the molecule is CCn1c(CN2CCOC(C)(C)C2)nc2c(N3CCOCC3)nc(-c3cccc4[nH]ccc34)nc21. The van der Waals surface area contributed by atoms with Crippen molar-refractivity contribution in [2.24, 2.45) is 0 Å². The number of aryl methyl sites for hydroxylation is 1. The van der Waals surface area contributed by atoms with Crippen LogP contribution in [0.4, 0.5) is 5.82 Å². The molecule has 2 fully saturated rings. The second kappa shape index (κ2) is 8.89. The fourth-order valence-electron chi connectivity index (χ4n) is 5.33. The minimum absolute atomic E-state index is 0.150. The summed E-state index contributed by atoms with van der Waals surface area (Å²) in [7, 11) is 0. The molecule has 0 atom stereocenters. The highest BCUT2D eigenvalue weighted by molar-refractivity contribution is 5.95. The normalized spacial score (nSPS) is 19.1. The quantitative estimate of drug-likeness (QED) is 0.473. The number of aromatic nitrogens is 5. The molecular formula is C26H33N7O2. The standard InChI is InChI=1S/C26H33N7O2/c1-4-33-21(16-31-10-15-35-26(2,3)17-31)28-22-24(32-11-13-34-14-12-32)29-23(30-25(22)33)19-6-5-7-20-18(19)8-9-27-20/h5-9,27H,4,10-17H2,1-3H3. The van der Waals surface area contributed by atoms with Gasteiger partial charge >= 0.3 is 0 Å². The van der Waals surface area contributed by atoms with Gasteiger partial charge in [-0.3, -0.25) is 4.90 Å². The molecule has 4 aromatic rings. The molecule has 9 nitrogen and oxygen atoms in total. The number of hydrogen-bond acceptors (Lipinski definition) is 7. The Morgan fingerprint density at radius 3 is 2.69 bits per heavy atom. The van der Waals surface area contributed by atoms with Gasteiger partial charge in [0, 0.05) is 55.4 Å². The molecular weight excluding hydrogens is 442 g/mol. The van der Waals surface area contributed by atoms with Gasteiger partial charge in [0.25, 0.3) is 0 Å². The lowest BCUT2D eigenvalue weighted by molar-refractivity contribution is -0.0889. The van der Waals surface area contributed by atoms with Crippen molar-refractivity contribution >= 4 is 27.9 Å². The van der Waals surface area contributed by atoms with Crippen LogP contribution in [0.25, 0.3) is 33.5 Å². The molecule has 6 rings (SSSR count). The Labute approximate surface area is 205 Å². The zero-order valence-corrected chi connectivity index (χ0v) is 20.8. The fraction of sp³-hybridized carbons (Fsp3) is 0.500. The molecule has 5 heterocycles. The minimum atomic E-state index is -0.150. The van der Waals surface area contributed by atoms with Crippen LogP contribution < -0.4 is 4.90 Å². The van der Waals surface area contributed by atoms with Crippen LogP contribution >= 0.6 is 0 Å². The van der Waals surface area contributed by atoms with Crippen molar-refractivity contribution in [3.8, 4) is 11.4 Å². The maximum atomic E-state index is 5.93. The van der Waals surface area contributed by atoms with Crippen molar-refractivity contribution in [2.45, 2.75) is 39.5 Å². The summed E-state index contributed by atoms with van der Waals surface area (Å²) in [5, 5.41) is 1.12. The van der Waals surface area contributed by atoms with E-state index in [-0.39, 0.29) is 5.60 Å². The Morgan fingerprint density at radius 2 is 1.89 bits per heavy atom. The number of morpholine rings is 2. The third kappa shape index (κ3) is 4.17. The van der Waals surface area contributed by atoms with Gasteiger partial charge in [0.1, 0.15) is 5.82 Å². The summed E-state index contributed by atoms with van der Waals surface area (Å²) in [5.41, 5.74) is 3.73. The van der Waals surface area contributed by atoms with E-state index in [1.165, 1.54) is 0 Å². The highest BCUT2D eigenvalue weighted by Crippen LogP contribution is 2.32. The first-order valence-corrected chi connectivity index (χ1v) is 12.5. The number of H-pyrrole nitrogens is 1. The van der Waals surface area contributed by atoms with Gasteiger partial charge in [0.15, 0.2) is 22.8 Å². The van der Waals surface area contributed by atoms with E-state index in [1.807, 2.05) is 6.20 Å². The number of nitrogens with zero attached hydrogens (tertiary/aromatic N) is 6. The first-order chi connectivity index (χ1) is 17.0. The lowest BCUT2D eigenvalue weighted by atomic mass is 10.1. The van der Waals surface area contributed by atoms with Gasteiger partial charge in [-0.05, 0) is 32.9 Å². The van der Waals surface area contributed by atoms with Crippen LogP contribution in [0.3, 0.4) is 0 Å². The van der Waals surface area contributed by atoms with E-state index in [1.54, 1.807) is 0 Å². The van der Waals surface area contributed by atoms with Gasteiger partial charge in [0.2, 0.25) is 0 Å². The lowest BCUT2D eigenvalue weighted by Crippen LogP contribution is -2.48. The zero-order valence-electron chi connectivity index (χ0n) is 20.8. The van der Waals surface area contributed by atoms with Gasteiger partial charge in [-0.15, -0.1) is 0 Å². The van der Waals surface area contributed by atoms with Crippen molar-refractivity contribution in [1.82, 2.24) is 29.4 Å². The largest absolute Gasteiger partial charge is 0.378 e. The molecule has 9 heteroatoms. The van der Waals surface area contributed by atoms with Crippen molar-refractivity contribution in [2.75, 3.05) is 50.9 Å². The van der Waals surface area contributed by atoms with Crippen LogP contribution in [0.5, 0.6) is 0 Å². The lowest BCUT2D eigenvalue weighted by Gasteiger charge is -2.37. The average molecular weight is 476 g/mol. The number of aromatic amines is 1. The molecule has 0 saturated carbocycles. The monoisotopic (exact) mass is 475 g/mol. The van der Waals surface area contributed by atoms with Gasteiger partial charge in [0.05, 0.1) is 32.0 Å². The second-order valence-corrected chi connectivity index (χ2v) is 9.98. The van der Waals surface area contributed by atoms with E-state index in [9.17, 15) is 0 Å². The van der Waals surface area contributed by atoms with Crippen LogP contribution in [0.2, 0.25) is 0 Å². The molecule has 1 aromatic carbocycles. The van der Waals surface area contributed by atoms with Gasteiger partial charge < -0.3 is 23.9 Å². The summed E-state index contributed by atoms with van der Waals surface area (Å²) in [6.45, 7) is 13.5. The van der Waals surface area contributed by atoms with E-state index in [2.05, 4.69) is 64.4 Å². The Hall–Kier alpha value is -3.01. The molecule has 0 bridgehead atoms. The Bertz CT molecular complexity index is 1350. The molecule has 35 heavy (non-hydrogen) atoms. The highest BCUT2D eigenvalue weighted by atomic mass is 16.5. The van der Waals surface area contributed by atoms with Crippen LogP contribution in [0.1, 0.15) is 26.6 Å². The number of benzene rings is 1. The Morgan fingerprint density at radius 1 is 1.03 bits per heavy atom. The topological polar surface area (TPSA) is 84.3 Å². The van der Waals surface area contributed by atoms with E-state index >= 15 is 0 Å². The molecule has 0 spiro atoms. The molecule has 0 amide bonds. The summed E-state index contributed by atoms with van der Waals surface area (Å²) in [6, 6.07) is 8.33. The fourth-order valence-corrected chi connectivity index (χ4v) is 5.33. The summed E-state index contributed by atoms with van der Waals surface area (Å²) >= 11 is 0. The zero-order chi connectivity index (χ0) is 24.0. The first kappa shape index (κ1) is 22.5. The Kier molecular flexibility index (Phi) is 5.70. The number of nitrogens with one attached hydrogen (secondary N) is 1. The number of hydrogen-bond donors (Lipinski definition) is 1. The molecule has 3 aromatic heterocycles. The van der Waals surface area contributed by atoms with Gasteiger partial charge in [-0.25, -0.2) is 15.0 Å². The highest BCUT2D eigenvalue weighted by Gasteiger charge is 2.29. The van der Waals surface area contributed by atoms with E-state index in [0.717, 1.165) is 91.0 Å². The summed E-state index contributed by atoms with van der Waals surface area (Å²) in [4.78, 5) is 23.4. The van der Waals surface area contributed by atoms with Crippen molar-refractivity contribution < 1.29 is 9.47 Å². The molecule has 2 saturated heterocycles. The Balaban J connectivity index is 1.49. The molecule has 0 aliphatic carbocycles. The molecule has 0 unspecified atom stereocenters. The van der Waals surface area contributed by atoms with E-state index in [0.29, 0.717) is 13.2 Å². The second-order valence-electron chi connectivity index (χ2n) is 9.98. The summed E-state index contributed by atoms with van der Waals surface area (Å²) in [6.07, 6.45) is 1.97. The van der Waals surface area contributed by atoms with E-state index in [4.69, 9.17) is 24.4 Å². The molecule has 184 valence electrons. The summed E-state index contributed by atoms with van der Waals surface area (Å²) in [5.74, 6) is 2.66. The number of rotatable bonds is 5. The first-order valence-electron chi connectivity index (χ1n) is 12.5. The number of imidazole rings is 1. The van der Waals surface area contributed by atoms with Crippen LogP contribution in [-0.4, -0.2) is 81.0 Å². The van der Waals surface area contributed by atoms with Crippen molar-refractivity contribution in [1.29, 1.82) is 0 Å². The van der Waals surface area contributed by atoms with Crippen molar-refractivity contribution in [3.63, 3.8) is 0 Å². The van der Waals surface area contributed by atoms with Crippen molar-refractivity contribution in [3.05, 3.63) is 36.3 Å². The number of anilines is 1. The average Bonchev–Trinajstić information content (AvgIpc) is 3.47. The molecule has 2 aliphatic rings. The maximum Gasteiger partial charge on any atom is 0.166 e. The summed E-state index contributed by atoms with van der Waals surface area (Å²) < 4.78 is 13.8. The smallest absolute Gasteiger partial charge is 0.166 e. The predicted molar refractivity (Wildman–Crippen MR) is 137 cm³/mol. The predicted octanol–water partition coefficient (Wildman–Crippen LogP) is 3.44. The third-order valence-electron chi connectivity index (χ3n) is 6.99. The van der Waals surface area contributed by atoms with Gasteiger partial charge in [-0.2, -0.15) is 0 Å². The van der Waals surface area contributed by atoms with Crippen LogP contribution in [0, 0.1) is 0 Å². The maximum absolute atomic E-state index is 5.93. The third-order valence-corrected chi connectivity index (χ3v) is 6.99. The number of ether oxygens (including phenoxy) is 2. The minimum Gasteiger partial charge on any atom is -0.378 e. The number of fused-ring (bicyclic) bond motifs is 2. The van der Waals surface area contributed by atoms with Crippen LogP contribution in [0.15, 0.2) is 30.5 Å². The molecule has 0 radical (unpaired) electrons. The van der Waals surface area contributed by atoms with Crippen LogP contribution in [-0.2, 0) is 22.6 Å². The molecule has 1 N–H and O–H groups in total. The van der Waals surface area contributed by atoms with E-state index < -0.39 is 0 Å².